The minimum atomic E-state index is 0.0171. The molecule has 0 bridgehead atoms. The lowest BCUT2D eigenvalue weighted by molar-refractivity contribution is 0.0648. The van der Waals surface area contributed by atoms with E-state index in [4.69, 9.17) is 4.84 Å². The molecule has 25 heavy (non-hydrogen) atoms. The predicted octanol–water partition coefficient (Wildman–Crippen LogP) is 5.21. The summed E-state index contributed by atoms with van der Waals surface area (Å²) in [6.45, 7) is 0.544. The molecule has 1 aromatic heterocycles. The number of benzene rings is 3. The number of rotatable bonds is 2. The number of nitrogens with zero attached hydrogens (tertiary/aromatic N) is 1. The first kappa shape index (κ1) is 14.3. The number of nitrogens with one attached hydrogen (secondary N) is 1. The van der Waals surface area contributed by atoms with Gasteiger partial charge in [-0.25, -0.2) is 5.06 Å². The average molecular weight is 326 g/mol. The highest BCUT2D eigenvalue weighted by Crippen LogP contribution is 2.42. The molecular formula is C22H18N2O. The second-order valence-corrected chi connectivity index (χ2v) is 6.31. The zero-order valence-corrected chi connectivity index (χ0v) is 13.7. The summed E-state index contributed by atoms with van der Waals surface area (Å²) in [5.74, 6) is 0. The molecule has 0 fully saturated rings. The Hall–Kier alpha value is -3.04. The summed E-state index contributed by atoms with van der Waals surface area (Å²) in [5.41, 5.74) is 5.90. The second kappa shape index (κ2) is 5.80. The highest BCUT2D eigenvalue weighted by molar-refractivity contribution is 5.86. The molecule has 2 heterocycles. The molecule has 122 valence electrons. The maximum absolute atomic E-state index is 6.19. The average Bonchev–Trinajstić information content (AvgIpc) is 3.07. The Morgan fingerprint density at radius 2 is 1.48 bits per heavy atom. The first-order valence-corrected chi connectivity index (χ1v) is 8.53. The summed E-state index contributed by atoms with van der Waals surface area (Å²) in [6, 6.07) is 29.4. The van der Waals surface area contributed by atoms with E-state index in [1.165, 1.54) is 16.5 Å². The van der Waals surface area contributed by atoms with Crippen LogP contribution >= 0.6 is 0 Å². The van der Waals surface area contributed by atoms with E-state index in [0.717, 1.165) is 16.9 Å². The van der Waals surface area contributed by atoms with Gasteiger partial charge in [0, 0.05) is 16.5 Å². The van der Waals surface area contributed by atoms with Gasteiger partial charge in [0.25, 0.3) is 0 Å². The molecule has 1 aliphatic rings. The SMILES string of the molecule is c1ccc(C2c3c([nH]c4ccccc34)CON2c2ccccc2)cc1. The van der Waals surface area contributed by atoms with E-state index in [9.17, 15) is 0 Å². The van der Waals surface area contributed by atoms with E-state index in [0.29, 0.717) is 6.61 Å². The fourth-order valence-corrected chi connectivity index (χ4v) is 3.71. The Balaban J connectivity index is 1.75. The molecule has 4 aromatic rings. The molecule has 5 rings (SSSR count). The fraction of sp³-hybridized carbons (Fsp3) is 0.0909. The molecule has 0 saturated heterocycles. The number of H-pyrrole nitrogens is 1. The van der Waals surface area contributed by atoms with Gasteiger partial charge in [-0.05, 0) is 23.8 Å². The standard InChI is InChI=1S/C22H18N2O/c1-3-9-16(10-4-1)22-21-18-13-7-8-14-19(18)23-20(21)15-25-24(22)17-11-5-2-6-12-17/h1-14,22-23H,15H2. The Labute approximate surface area is 146 Å². The minimum absolute atomic E-state index is 0.0171. The van der Waals surface area contributed by atoms with Gasteiger partial charge in [-0.1, -0.05) is 66.7 Å². The minimum Gasteiger partial charge on any atom is -0.356 e. The fourth-order valence-electron chi connectivity index (χ4n) is 3.71. The molecule has 0 aliphatic carbocycles. The van der Waals surface area contributed by atoms with Crippen LogP contribution in [0.2, 0.25) is 0 Å². The van der Waals surface area contributed by atoms with Crippen molar-refractivity contribution < 1.29 is 4.84 Å². The molecule has 0 amide bonds. The van der Waals surface area contributed by atoms with Gasteiger partial charge < -0.3 is 4.98 Å². The lowest BCUT2D eigenvalue weighted by Gasteiger charge is -2.37. The number of hydroxylamine groups is 1. The van der Waals surface area contributed by atoms with E-state index in [-0.39, 0.29) is 6.04 Å². The van der Waals surface area contributed by atoms with Gasteiger partial charge in [0.2, 0.25) is 0 Å². The van der Waals surface area contributed by atoms with Crippen LogP contribution in [0.4, 0.5) is 5.69 Å². The first-order valence-electron chi connectivity index (χ1n) is 8.53. The smallest absolute Gasteiger partial charge is 0.115 e. The summed E-state index contributed by atoms with van der Waals surface area (Å²) < 4.78 is 0. The predicted molar refractivity (Wildman–Crippen MR) is 100 cm³/mol. The summed E-state index contributed by atoms with van der Waals surface area (Å²) >= 11 is 0. The molecule has 1 aliphatic heterocycles. The van der Waals surface area contributed by atoms with Crippen molar-refractivity contribution >= 4 is 16.6 Å². The maximum atomic E-state index is 6.19. The Bertz CT molecular complexity index is 1010. The molecule has 3 aromatic carbocycles. The van der Waals surface area contributed by atoms with Gasteiger partial charge in [0.1, 0.15) is 12.6 Å². The largest absolute Gasteiger partial charge is 0.356 e. The van der Waals surface area contributed by atoms with Crippen LogP contribution in [0.3, 0.4) is 0 Å². The van der Waals surface area contributed by atoms with Gasteiger partial charge in [-0.2, -0.15) is 0 Å². The van der Waals surface area contributed by atoms with Gasteiger partial charge in [-0.15, -0.1) is 0 Å². The molecule has 1 N–H and O–H groups in total. The van der Waals surface area contributed by atoms with E-state index >= 15 is 0 Å². The number of anilines is 1. The Morgan fingerprint density at radius 3 is 2.28 bits per heavy atom. The van der Waals surface area contributed by atoms with Gasteiger partial charge in [0.05, 0.1) is 11.4 Å². The van der Waals surface area contributed by atoms with Crippen LogP contribution in [-0.2, 0) is 11.4 Å². The third-order valence-electron chi connectivity index (χ3n) is 4.81. The highest BCUT2D eigenvalue weighted by Gasteiger charge is 2.33. The molecule has 0 radical (unpaired) electrons. The number of hydrogen-bond donors (Lipinski definition) is 1. The van der Waals surface area contributed by atoms with Crippen LogP contribution in [0.1, 0.15) is 22.9 Å². The van der Waals surface area contributed by atoms with Gasteiger partial charge in [0.15, 0.2) is 0 Å². The van der Waals surface area contributed by atoms with Crippen molar-refractivity contribution in [1.82, 2.24) is 4.98 Å². The van der Waals surface area contributed by atoms with Crippen LogP contribution in [-0.4, -0.2) is 4.98 Å². The van der Waals surface area contributed by atoms with Crippen LogP contribution in [0.15, 0.2) is 84.9 Å². The quantitative estimate of drug-likeness (QED) is 0.548. The number of hydrogen-bond acceptors (Lipinski definition) is 2. The van der Waals surface area contributed by atoms with Crippen molar-refractivity contribution in [3.63, 3.8) is 0 Å². The van der Waals surface area contributed by atoms with Crippen molar-refractivity contribution in [2.45, 2.75) is 12.6 Å². The molecular weight excluding hydrogens is 308 g/mol. The maximum Gasteiger partial charge on any atom is 0.115 e. The van der Waals surface area contributed by atoms with Crippen LogP contribution in [0.25, 0.3) is 10.9 Å². The summed E-state index contributed by atoms with van der Waals surface area (Å²) in [4.78, 5) is 9.73. The van der Waals surface area contributed by atoms with Crippen molar-refractivity contribution in [1.29, 1.82) is 0 Å². The van der Waals surface area contributed by atoms with Crippen molar-refractivity contribution in [3.8, 4) is 0 Å². The van der Waals surface area contributed by atoms with E-state index in [1.807, 2.05) is 23.3 Å². The summed E-state index contributed by atoms with van der Waals surface area (Å²) in [5, 5.41) is 3.30. The lowest BCUT2D eigenvalue weighted by Crippen LogP contribution is -2.34. The van der Waals surface area contributed by atoms with Gasteiger partial charge in [-0.3, -0.25) is 4.84 Å². The molecule has 1 atom stereocenters. The molecule has 3 heteroatoms. The molecule has 1 unspecified atom stereocenters. The van der Waals surface area contributed by atoms with Gasteiger partial charge >= 0.3 is 0 Å². The summed E-state index contributed by atoms with van der Waals surface area (Å²) in [7, 11) is 0. The third kappa shape index (κ3) is 2.32. The topological polar surface area (TPSA) is 28.3 Å². The number of fused-ring (bicyclic) bond motifs is 3. The second-order valence-electron chi connectivity index (χ2n) is 6.31. The van der Waals surface area contributed by atoms with Crippen LogP contribution in [0, 0.1) is 0 Å². The molecule has 0 spiro atoms. The van der Waals surface area contributed by atoms with Crippen molar-refractivity contribution in [2.75, 3.05) is 5.06 Å². The van der Waals surface area contributed by atoms with Crippen LogP contribution in [0.5, 0.6) is 0 Å². The number of aromatic amines is 1. The zero-order valence-electron chi connectivity index (χ0n) is 13.7. The third-order valence-corrected chi connectivity index (χ3v) is 4.81. The van der Waals surface area contributed by atoms with Crippen molar-refractivity contribution in [2.24, 2.45) is 0 Å². The number of para-hydroxylation sites is 2. The summed E-state index contributed by atoms with van der Waals surface area (Å²) in [6.07, 6.45) is 0. The molecule has 0 saturated carbocycles. The van der Waals surface area contributed by atoms with Crippen LogP contribution < -0.4 is 5.06 Å². The monoisotopic (exact) mass is 326 g/mol. The Morgan fingerprint density at radius 1 is 0.800 bits per heavy atom. The zero-order chi connectivity index (χ0) is 16.6. The lowest BCUT2D eigenvalue weighted by atomic mass is 9.94. The molecule has 3 nitrogen and oxygen atoms in total. The Kier molecular flexibility index (Phi) is 3.32. The number of aromatic nitrogens is 1. The highest BCUT2D eigenvalue weighted by atomic mass is 16.7. The van der Waals surface area contributed by atoms with E-state index < -0.39 is 0 Å². The normalized spacial score (nSPS) is 16.8. The van der Waals surface area contributed by atoms with E-state index in [1.54, 1.807) is 0 Å². The first-order chi connectivity index (χ1) is 12.4. The van der Waals surface area contributed by atoms with Crippen molar-refractivity contribution in [3.05, 3.63) is 102 Å². The van der Waals surface area contributed by atoms with E-state index in [2.05, 4.69) is 71.7 Å².